The van der Waals surface area contributed by atoms with Crippen molar-refractivity contribution in [2.45, 2.75) is 106 Å². The third-order valence-electron chi connectivity index (χ3n) is 15.9. The number of benzene rings is 8. The van der Waals surface area contributed by atoms with E-state index < -0.39 is 0 Å². The summed E-state index contributed by atoms with van der Waals surface area (Å²) in [6.45, 7) is 26.3. The van der Waals surface area contributed by atoms with Crippen LogP contribution in [-0.2, 0) is 59.9 Å². The first kappa shape index (κ1) is 67.1. The van der Waals surface area contributed by atoms with Crippen LogP contribution < -0.4 is 0 Å². The van der Waals surface area contributed by atoms with Crippen LogP contribution in [0.15, 0.2) is 206 Å². The molecule has 0 bridgehead atoms. The molecule has 2 saturated carbocycles. The molecule has 0 heterocycles. The molecule has 0 aromatic heterocycles. The normalized spacial score (nSPS) is 15.6. The van der Waals surface area contributed by atoms with Gasteiger partial charge < -0.3 is 25.3 Å². The van der Waals surface area contributed by atoms with Gasteiger partial charge in [-0.05, 0) is 138 Å². The molecule has 2 atom stereocenters. The molecule has 0 saturated heterocycles. The van der Waals surface area contributed by atoms with Gasteiger partial charge in [-0.15, -0.1) is 10.5 Å². The van der Waals surface area contributed by atoms with Crippen LogP contribution in [-0.4, -0.2) is 0 Å². The molecule has 0 aliphatic heterocycles. The van der Waals surface area contributed by atoms with Crippen LogP contribution in [0.2, 0.25) is 0 Å². The molecular formula is C74H76Cl2Ru2S2+2. The van der Waals surface area contributed by atoms with Crippen LogP contribution >= 0.6 is 19.4 Å². The van der Waals surface area contributed by atoms with Gasteiger partial charge in [-0.2, -0.15) is 0 Å². The summed E-state index contributed by atoms with van der Waals surface area (Å²) >= 11 is 15.5. The number of rotatable bonds is 10. The molecule has 6 heteroatoms. The van der Waals surface area contributed by atoms with E-state index in [0.29, 0.717) is 0 Å². The van der Waals surface area contributed by atoms with Gasteiger partial charge in [0.1, 0.15) is 0 Å². The number of hydrogen-bond donors (Lipinski definition) is 0. The predicted molar refractivity (Wildman–Crippen MR) is 347 cm³/mol. The second-order valence-corrected chi connectivity index (χ2v) is 21.4. The van der Waals surface area contributed by atoms with Gasteiger partial charge in [0.05, 0.1) is 0 Å². The molecule has 412 valence electrons. The Hall–Kier alpha value is -3.71. The van der Waals surface area contributed by atoms with Crippen molar-refractivity contribution in [3.8, 4) is 66.8 Å². The van der Waals surface area contributed by atoms with Gasteiger partial charge >= 0.3 is 54.0 Å². The number of halogens is 2. The fourth-order valence-corrected chi connectivity index (χ4v) is 10.6. The fraction of sp³-hybridized carbons (Fsp3) is 0.216. The standard InChI is InChI=1S/2C27H24S.2C10H15.2ClH.2Ru/c2*1-2-26(28)25-19-23(20-12-6-3-7-13-20)18-24(21-14-8-4-9-15-21)27(25)22-16-10-5-11-17-22;2*1-6-7(2)9(4)10(5)8(6)3;;;;/h2*3-19,26,28H,2H2,1H3;2*1-5H3;2*1H;;/q;;;;;;2*+3/p-4/t2*26-;;;;;;/m11....../s1. The van der Waals surface area contributed by atoms with Crippen LogP contribution in [0.4, 0.5) is 0 Å². The molecule has 2 aliphatic carbocycles. The van der Waals surface area contributed by atoms with Gasteiger partial charge in [-0.25, -0.2) is 0 Å². The van der Waals surface area contributed by atoms with Gasteiger partial charge in [0.15, 0.2) is 0 Å². The Morgan fingerprint density at radius 3 is 0.662 bits per heavy atom. The summed E-state index contributed by atoms with van der Waals surface area (Å²) < 4.78 is 0. The molecule has 8 aromatic rings. The molecule has 10 rings (SSSR count). The van der Waals surface area contributed by atoms with E-state index in [9.17, 15) is 0 Å². The van der Waals surface area contributed by atoms with E-state index >= 15 is 0 Å². The summed E-state index contributed by atoms with van der Waals surface area (Å²) in [7, 11) is 9.14. The Morgan fingerprint density at radius 1 is 0.275 bits per heavy atom. The van der Waals surface area contributed by atoms with E-state index in [2.05, 4.69) is 309 Å². The van der Waals surface area contributed by atoms with E-state index in [4.69, 9.17) is 25.3 Å². The first-order valence-corrected chi connectivity index (χ1v) is 32.7. The van der Waals surface area contributed by atoms with Crippen molar-refractivity contribution in [1.82, 2.24) is 0 Å². The second kappa shape index (κ2) is 34.2. The molecule has 2 aliphatic rings. The van der Waals surface area contributed by atoms with Crippen molar-refractivity contribution < 1.29 is 34.6 Å². The maximum absolute atomic E-state index is 5.91. The van der Waals surface area contributed by atoms with Gasteiger partial charge in [0.2, 0.25) is 0 Å². The van der Waals surface area contributed by atoms with Crippen LogP contribution in [0.5, 0.6) is 0 Å². The zero-order valence-corrected chi connectivity index (χ0v) is 55.1. The Kier molecular flexibility index (Phi) is 28.6. The molecule has 0 unspecified atom stereocenters. The van der Waals surface area contributed by atoms with E-state index in [0.717, 1.165) is 12.8 Å². The van der Waals surface area contributed by atoms with Gasteiger partial charge in [0, 0.05) is 0 Å². The van der Waals surface area contributed by atoms with E-state index in [1.54, 1.807) is 0 Å². The summed E-state index contributed by atoms with van der Waals surface area (Å²) in [5.74, 6) is 14.7. The molecule has 80 heavy (non-hydrogen) atoms. The van der Waals surface area contributed by atoms with E-state index in [-0.39, 0.29) is 10.5 Å². The Morgan fingerprint density at radius 2 is 0.463 bits per heavy atom. The SMILES string of the molecule is CC[C@@H]([S-])c1cc(-c2ccccc2)cc(-c2ccccc2)c1-c1ccccc1.CC[C@@H]([S-])c1cc(-c2ccccc2)cc(-c2ccccc2)c1-c1ccccc1.C[C]1[C](C)[C](C)[C](C)[C]1C.C[C]1[C](C)[C](C)[C](C)[C]1C.[Cl][Ru+2].[Cl][Ru+2]. The van der Waals surface area contributed by atoms with Crippen molar-refractivity contribution in [1.29, 1.82) is 0 Å². The average Bonchev–Trinajstić information content (AvgIpc) is 3.82. The fourth-order valence-electron chi connectivity index (χ4n) is 10.2. The average molecular weight is 1300 g/mol. The van der Waals surface area contributed by atoms with Crippen LogP contribution in [0.25, 0.3) is 66.8 Å². The van der Waals surface area contributed by atoms with Gasteiger partial charge in [0.25, 0.3) is 0 Å². The molecule has 2 fully saturated rings. The summed E-state index contributed by atoms with van der Waals surface area (Å²) in [5, 5.41) is 0.141. The Bertz CT molecular complexity index is 2700. The second-order valence-electron chi connectivity index (χ2n) is 20.2. The van der Waals surface area contributed by atoms with E-state index in [1.165, 1.54) is 137 Å². The predicted octanol–water partition coefficient (Wildman–Crippen LogP) is 22.7. The molecule has 10 radical (unpaired) electrons. The summed E-state index contributed by atoms with van der Waals surface area (Å²) in [5.41, 5.74) is 17.2. The third kappa shape index (κ3) is 17.2. The van der Waals surface area contributed by atoms with Crippen molar-refractivity contribution >= 4 is 44.6 Å². The molecular weight excluding hydrogens is 1230 g/mol. The summed E-state index contributed by atoms with van der Waals surface area (Å²) in [6, 6.07) is 72.9. The van der Waals surface area contributed by atoms with Crippen molar-refractivity contribution in [3.05, 3.63) is 277 Å². The van der Waals surface area contributed by atoms with Crippen LogP contribution in [0, 0.1) is 59.2 Å². The first-order valence-electron chi connectivity index (χ1n) is 27.3. The Balaban J connectivity index is 0.000000211. The first-order chi connectivity index (χ1) is 38.7. The van der Waals surface area contributed by atoms with Crippen molar-refractivity contribution in [2.24, 2.45) is 0 Å². The monoisotopic (exact) mass is 1300 g/mol. The van der Waals surface area contributed by atoms with E-state index in [1.807, 2.05) is 34.6 Å². The molecule has 0 spiro atoms. The topological polar surface area (TPSA) is 0 Å². The van der Waals surface area contributed by atoms with Crippen molar-refractivity contribution in [2.75, 3.05) is 0 Å². The molecule has 0 nitrogen and oxygen atoms in total. The van der Waals surface area contributed by atoms with Gasteiger partial charge in [-0.3, -0.25) is 0 Å². The Labute approximate surface area is 524 Å². The van der Waals surface area contributed by atoms with Crippen LogP contribution in [0.1, 0.15) is 118 Å². The summed E-state index contributed by atoms with van der Waals surface area (Å²) in [4.78, 5) is 0. The van der Waals surface area contributed by atoms with Crippen molar-refractivity contribution in [3.63, 3.8) is 0 Å². The quantitative estimate of drug-likeness (QED) is 0.0989. The molecule has 8 aromatic carbocycles. The molecule has 0 N–H and O–H groups in total. The van der Waals surface area contributed by atoms with Crippen LogP contribution in [0.3, 0.4) is 0 Å². The third-order valence-corrected chi connectivity index (χ3v) is 17.1. The zero-order chi connectivity index (χ0) is 58.5. The van der Waals surface area contributed by atoms with Gasteiger partial charge in [-0.1, -0.05) is 301 Å². The molecule has 0 amide bonds. The minimum absolute atomic E-state index is 0.0707. The number of hydrogen-bond acceptors (Lipinski definition) is 2. The minimum atomic E-state index is 0.0707. The maximum atomic E-state index is 5.91. The summed E-state index contributed by atoms with van der Waals surface area (Å²) in [6.07, 6.45) is 1.86. The zero-order valence-electron chi connectivity index (χ0n) is 48.5.